The number of nitrogens with zero attached hydrogens (tertiary/aromatic N) is 2. The average Bonchev–Trinajstić information content (AvgIpc) is 3.39. The van der Waals surface area contributed by atoms with Crippen LogP contribution in [0, 0.1) is 0 Å². The summed E-state index contributed by atoms with van der Waals surface area (Å²) in [5.41, 5.74) is 3.32. The maximum absolute atomic E-state index is 13.5. The highest BCUT2D eigenvalue weighted by Gasteiger charge is 2.21. The van der Waals surface area contributed by atoms with Crippen LogP contribution in [0.1, 0.15) is 31.9 Å². The number of fused-ring (bicyclic) bond motifs is 1. The van der Waals surface area contributed by atoms with Crippen molar-refractivity contribution < 1.29 is 4.79 Å². The zero-order valence-electron chi connectivity index (χ0n) is 17.9. The van der Waals surface area contributed by atoms with Gasteiger partial charge in [-0.05, 0) is 35.4 Å². The third kappa shape index (κ3) is 4.99. The lowest BCUT2D eigenvalue weighted by atomic mass is 10.1. The fraction of sp³-hybridized carbons (Fsp3) is 0.192. The second kappa shape index (κ2) is 9.85. The van der Waals surface area contributed by atoms with E-state index in [0.29, 0.717) is 33.4 Å². The van der Waals surface area contributed by atoms with E-state index in [9.17, 15) is 9.59 Å². The van der Waals surface area contributed by atoms with Gasteiger partial charge in [-0.1, -0.05) is 54.6 Å². The Balaban J connectivity index is 1.44. The molecule has 1 saturated heterocycles. The molecular weight excluding hydrogens is 450 g/mol. The highest BCUT2D eigenvalue weighted by Crippen LogP contribution is 2.45. The Hall–Kier alpha value is -3.03. The molecule has 3 aromatic carbocycles. The molecular formula is C26H23N3O2S2. The van der Waals surface area contributed by atoms with E-state index in [1.54, 1.807) is 11.0 Å². The van der Waals surface area contributed by atoms with Crippen LogP contribution >= 0.6 is 23.5 Å². The normalized spacial score (nSPS) is 13.9. The number of rotatable bonds is 6. The summed E-state index contributed by atoms with van der Waals surface area (Å²) in [4.78, 5) is 35.3. The molecule has 0 bridgehead atoms. The molecule has 0 atom stereocenters. The zero-order valence-corrected chi connectivity index (χ0v) is 19.6. The minimum atomic E-state index is -0.196. The summed E-state index contributed by atoms with van der Waals surface area (Å²) in [5, 5.41) is 0.542. The van der Waals surface area contributed by atoms with E-state index in [2.05, 4.69) is 22.1 Å². The van der Waals surface area contributed by atoms with Crippen molar-refractivity contribution in [3.63, 3.8) is 0 Å². The van der Waals surface area contributed by atoms with Crippen molar-refractivity contribution in [2.75, 3.05) is 11.5 Å². The first kappa shape index (κ1) is 21.8. The molecule has 4 aromatic rings. The Labute approximate surface area is 200 Å². The number of nitrogens with one attached hydrogen (secondary N) is 1. The third-order valence-corrected chi connectivity index (χ3v) is 8.66. The number of aromatic nitrogens is 2. The van der Waals surface area contributed by atoms with E-state index in [-0.39, 0.29) is 18.0 Å². The van der Waals surface area contributed by atoms with Gasteiger partial charge in [0.2, 0.25) is 0 Å². The quantitative estimate of drug-likeness (QED) is 0.415. The molecule has 1 aromatic heterocycles. The maximum atomic E-state index is 13.5. The number of carbonyl (C=O) groups is 1. The summed E-state index contributed by atoms with van der Waals surface area (Å²) in [6.45, 7) is 0.635. The smallest absolute Gasteiger partial charge is 0.258 e. The first-order valence-corrected chi connectivity index (χ1v) is 12.9. The lowest BCUT2D eigenvalue weighted by Gasteiger charge is -2.23. The first-order chi connectivity index (χ1) is 16.2. The van der Waals surface area contributed by atoms with Gasteiger partial charge in [-0.2, -0.15) is 0 Å². The van der Waals surface area contributed by atoms with E-state index >= 15 is 0 Å². The van der Waals surface area contributed by atoms with E-state index < -0.39 is 0 Å². The maximum Gasteiger partial charge on any atom is 0.258 e. The van der Waals surface area contributed by atoms with Crippen LogP contribution in [0.5, 0.6) is 0 Å². The molecule has 1 aliphatic rings. The molecule has 33 heavy (non-hydrogen) atoms. The van der Waals surface area contributed by atoms with Crippen molar-refractivity contribution in [1.29, 1.82) is 0 Å². The number of carbonyl (C=O) groups excluding carboxylic acids is 1. The van der Waals surface area contributed by atoms with Crippen molar-refractivity contribution in [1.82, 2.24) is 14.9 Å². The molecule has 0 saturated carbocycles. The Bertz CT molecular complexity index is 1320. The molecule has 1 fully saturated rings. The Morgan fingerprint density at radius 1 is 0.909 bits per heavy atom. The fourth-order valence-corrected chi connectivity index (χ4v) is 6.77. The van der Waals surface area contributed by atoms with Crippen LogP contribution in [0.3, 0.4) is 0 Å². The zero-order chi connectivity index (χ0) is 22.6. The van der Waals surface area contributed by atoms with Gasteiger partial charge in [0.1, 0.15) is 5.82 Å². The molecule has 7 heteroatoms. The van der Waals surface area contributed by atoms with Crippen molar-refractivity contribution in [2.24, 2.45) is 0 Å². The SMILES string of the molecule is O=C(c1ccc(C2SCCS2)cc1)N(Cc1ccccc1)Cc1nc2ccccc2c(=O)[nH]1. The van der Waals surface area contributed by atoms with Crippen LogP contribution in [0.4, 0.5) is 0 Å². The fourth-order valence-electron chi connectivity index (χ4n) is 3.91. The van der Waals surface area contributed by atoms with Crippen molar-refractivity contribution in [2.45, 2.75) is 17.7 Å². The molecule has 5 rings (SSSR count). The Morgan fingerprint density at radius 2 is 1.61 bits per heavy atom. The monoisotopic (exact) mass is 473 g/mol. The van der Waals surface area contributed by atoms with Crippen LogP contribution < -0.4 is 5.56 Å². The molecule has 1 amide bonds. The molecule has 0 unspecified atom stereocenters. The first-order valence-electron chi connectivity index (χ1n) is 10.8. The van der Waals surface area contributed by atoms with Gasteiger partial charge in [0.05, 0.1) is 22.0 Å². The summed E-state index contributed by atoms with van der Waals surface area (Å²) < 4.78 is 0.446. The topological polar surface area (TPSA) is 66.1 Å². The third-order valence-electron chi connectivity index (χ3n) is 5.56. The van der Waals surface area contributed by atoms with Gasteiger partial charge in [0, 0.05) is 23.6 Å². The summed E-state index contributed by atoms with van der Waals surface area (Å²) in [6, 6.07) is 25.0. The van der Waals surface area contributed by atoms with Gasteiger partial charge in [0.25, 0.3) is 11.5 Å². The summed E-state index contributed by atoms with van der Waals surface area (Å²) >= 11 is 3.89. The molecule has 166 valence electrons. The van der Waals surface area contributed by atoms with Gasteiger partial charge in [-0.3, -0.25) is 9.59 Å². The van der Waals surface area contributed by atoms with Gasteiger partial charge >= 0.3 is 0 Å². The lowest BCUT2D eigenvalue weighted by molar-refractivity contribution is 0.0725. The number of hydrogen-bond acceptors (Lipinski definition) is 5. The van der Waals surface area contributed by atoms with Gasteiger partial charge in [0.15, 0.2) is 0 Å². The Kier molecular flexibility index (Phi) is 6.51. The number of para-hydroxylation sites is 1. The van der Waals surface area contributed by atoms with Crippen LogP contribution in [-0.2, 0) is 13.1 Å². The largest absolute Gasteiger partial charge is 0.327 e. The molecule has 5 nitrogen and oxygen atoms in total. The molecule has 2 heterocycles. The average molecular weight is 474 g/mol. The summed E-state index contributed by atoms with van der Waals surface area (Å²) in [6.07, 6.45) is 0. The number of hydrogen-bond donors (Lipinski definition) is 1. The van der Waals surface area contributed by atoms with Crippen LogP contribution in [0.15, 0.2) is 83.7 Å². The van der Waals surface area contributed by atoms with E-state index in [1.165, 1.54) is 5.56 Å². The van der Waals surface area contributed by atoms with E-state index in [4.69, 9.17) is 0 Å². The molecule has 1 aliphatic heterocycles. The van der Waals surface area contributed by atoms with Gasteiger partial charge in [-0.15, -0.1) is 23.5 Å². The standard InChI is InChI=1S/C26H23N3O2S2/c30-24-21-8-4-5-9-22(21)27-23(28-24)17-29(16-18-6-2-1-3-7-18)25(31)19-10-12-20(13-11-19)26-32-14-15-33-26/h1-13,26H,14-17H2,(H,27,28,30). The number of aromatic amines is 1. The van der Waals surface area contributed by atoms with Crippen molar-refractivity contribution in [3.8, 4) is 0 Å². The summed E-state index contributed by atoms with van der Waals surface area (Å²) in [5.74, 6) is 2.71. The van der Waals surface area contributed by atoms with Crippen LogP contribution in [0.25, 0.3) is 10.9 Å². The summed E-state index contributed by atoms with van der Waals surface area (Å²) in [7, 11) is 0. The molecule has 0 aliphatic carbocycles. The number of benzene rings is 3. The molecule has 1 N–H and O–H groups in total. The number of thioether (sulfide) groups is 2. The van der Waals surface area contributed by atoms with Crippen molar-refractivity contribution in [3.05, 3.63) is 112 Å². The van der Waals surface area contributed by atoms with Crippen molar-refractivity contribution >= 4 is 40.3 Å². The number of amides is 1. The van der Waals surface area contributed by atoms with E-state index in [1.807, 2.05) is 84.2 Å². The lowest BCUT2D eigenvalue weighted by Crippen LogP contribution is -2.31. The molecule has 0 spiro atoms. The predicted octanol–water partition coefficient (Wildman–Crippen LogP) is 5.24. The highest BCUT2D eigenvalue weighted by molar-refractivity contribution is 8.19. The minimum absolute atomic E-state index is 0.0899. The highest BCUT2D eigenvalue weighted by atomic mass is 32.2. The number of H-pyrrole nitrogens is 1. The van der Waals surface area contributed by atoms with Gasteiger partial charge < -0.3 is 9.88 Å². The van der Waals surface area contributed by atoms with Crippen LogP contribution in [0.2, 0.25) is 0 Å². The minimum Gasteiger partial charge on any atom is -0.327 e. The second-order valence-corrected chi connectivity index (χ2v) is 10.6. The molecule has 0 radical (unpaired) electrons. The van der Waals surface area contributed by atoms with Crippen LogP contribution in [-0.4, -0.2) is 32.3 Å². The van der Waals surface area contributed by atoms with E-state index in [0.717, 1.165) is 17.1 Å². The Morgan fingerprint density at radius 3 is 2.36 bits per heavy atom. The second-order valence-electron chi connectivity index (χ2n) is 7.87. The predicted molar refractivity (Wildman–Crippen MR) is 136 cm³/mol. The van der Waals surface area contributed by atoms with Gasteiger partial charge in [-0.25, -0.2) is 4.98 Å².